The molecule has 3 N–H and O–H groups in total. The van der Waals surface area contributed by atoms with Crippen molar-refractivity contribution >= 4 is 29.7 Å². The fraction of sp³-hybridized carbons (Fsp3) is 0.750. The van der Waals surface area contributed by atoms with Crippen molar-refractivity contribution in [2.75, 3.05) is 45.4 Å². The van der Waals surface area contributed by atoms with Gasteiger partial charge in [0.1, 0.15) is 17.3 Å². The van der Waals surface area contributed by atoms with Crippen LogP contribution in [-0.2, 0) is 33.3 Å². The van der Waals surface area contributed by atoms with E-state index in [1.807, 2.05) is 33.8 Å². The minimum atomic E-state index is -1.01. The summed E-state index contributed by atoms with van der Waals surface area (Å²) in [5.74, 6) is 8.24. The van der Waals surface area contributed by atoms with Crippen molar-refractivity contribution in [3.05, 3.63) is 52.6 Å². The molecule has 13 heteroatoms. The SMILES string of the molecule is CC#C[C@]1(O)CCC2C3CCC4=CC(=O)CCC4=C3[C@@H](c3ccc(N(C)CCO[C@H]4CC[C@@]5(C)[C@@H](C4)C[C@@H](OC(=O)OCCCNC(=O)OC(C)(C)C)[C@@H]4[C@@H]5C[C@H](O)[C@]5(C)[C@@H]([C@H](C)CCC(=O)OC)CC[C@@H]45)cc3)C[C@@]21C. The van der Waals surface area contributed by atoms with Crippen LogP contribution in [0.5, 0.6) is 0 Å². The van der Waals surface area contributed by atoms with E-state index in [9.17, 15) is 29.4 Å². The van der Waals surface area contributed by atoms with Crippen molar-refractivity contribution in [1.29, 1.82) is 0 Å². The summed E-state index contributed by atoms with van der Waals surface area (Å²) < 4.78 is 29.3. The smallest absolute Gasteiger partial charge is 0.469 e. The quantitative estimate of drug-likeness (QED) is 0.0658. The third kappa shape index (κ3) is 11.1. The molecule has 0 spiro atoms. The molecule has 0 aliphatic heterocycles. The van der Waals surface area contributed by atoms with Gasteiger partial charge in [-0.3, -0.25) is 9.59 Å². The number of allylic oxidation sites excluding steroid dienone is 4. The Hall–Kier alpha value is -4.38. The maximum atomic E-state index is 13.7. The van der Waals surface area contributed by atoms with Gasteiger partial charge >= 0.3 is 18.2 Å². The predicted octanol–water partition coefficient (Wildman–Crippen LogP) is 11.4. The number of likely N-dealkylation sites (N-methyl/N-ethyl adjacent to an activating group) is 1. The number of hydrogen-bond donors (Lipinski definition) is 3. The Balaban J connectivity index is 0.861. The first kappa shape index (κ1) is 57.3. The minimum Gasteiger partial charge on any atom is -0.469 e. The average molecular weight is 1070 g/mol. The minimum absolute atomic E-state index is 0.0471. The van der Waals surface area contributed by atoms with Crippen LogP contribution in [-0.4, -0.2) is 104 Å². The lowest BCUT2D eigenvalue weighted by Crippen LogP contribution is -2.63. The summed E-state index contributed by atoms with van der Waals surface area (Å²) in [5, 5.41) is 27.3. The summed E-state index contributed by atoms with van der Waals surface area (Å²) in [6.45, 7) is 18.1. The number of ether oxygens (including phenoxy) is 5. The molecule has 6 fully saturated rings. The number of hydrogen-bond acceptors (Lipinski definition) is 12. The first-order valence-corrected chi connectivity index (χ1v) is 29.6. The summed E-state index contributed by atoms with van der Waals surface area (Å²) >= 11 is 0. The van der Waals surface area contributed by atoms with Gasteiger partial charge in [-0.05, 0) is 211 Å². The largest absolute Gasteiger partial charge is 0.508 e. The van der Waals surface area contributed by atoms with Gasteiger partial charge in [0.25, 0.3) is 0 Å². The molecule has 1 amide bonds. The zero-order valence-corrected chi connectivity index (χ0v) is 48.2. The number of nitrogens with zero attached hydrogens (tertiary/aromatic N) is 1. The molecule has 8 aliphatic carbocycles. The molecular weight excluding hydrogens is 973 g/mol. The summed E-state index contributed by atoms with van der Waals surface area (Å²) in [5.41, 5.74) is 4.10. The maximum Gasteiger partial charge on any atom is 0.508 e. The third-order valence-electron chi connectivity index (χ3n) is 21.7. The summed E-state index contributed by atoms with van der Waals surface area (Å²) in [6, 6.07) is 9.04. The van der Waals surface area contributed by atoms with Gasteiger partial charge in [0, 0.05) is 55.9 Å². The lowest BCUT2D eigenvalue weighted by atomic mass is 9.43. The molecule has 2 unspecified atom stereocenters. The molecule has 13 nitrogen and oxygen atoms in total. The van der Waals surface area contributed by atoms with Gasteiger partial charge in [-0.25, -0.2) is 9.59 Å². The zero-order valence-electron chi connectivity index (χ0n) is 48.2. The normalized spacial score (nSPS) is 37.4. The van der Waals surface area contributed by atoms with Crippen LogP contribution in [0.3, 0.4) is 0 Å². The summed E-state index contributed by atoms with van der Waals surface area (Å²) in [6.07, 6.45) is 13.1. The average Bonchev–Trinajstić information content (AvgIpc) is 4.06. The van der Waals surface area contributed by atoms with Crippen molar-refractivity contribution in [1.82, 2.24) is 5.32 Å². The van der Waals surface area contributed by atoms with Crippen molar-refractivity contribution in [2.24, 2.45) is 63.6 Å². The number of esters is 1. The molecule has 0 radical (unpaired) electrons. The standard InChI is InChI=1S/C64H92N2O11/c1-11-27-64(72)29-26-50-47-20-16-41-34-44(67)19-21-46(41)56(47)48(38-62(50,64)7)40-14-17-43(18-15-40)66(9)31-33-74-45-25-28-61(6)42(35-45)36-53(76-59(71)75-32-12-30-65-58(70)77-60(3,4)5)57-51-23-22-49(39(2)13-24-55(69)73-10)63(51,8)54(68)37-52(57)61/h14-15,17-18,34,39,42,45,47-54,57,68,72H,12-13,16,19-26,28-33,35-38H2,1-10H3,(H,65,70)/t39-,42+,45+,47?,48-,49-,50?,51+,52+,53-,54+,57+,61+,62+,63-,64+/m1/s1. The molecule has 0 saturated heterocycles. The fourth-order valence-electron chi connectivity index (χ4n) is 17.7. The van der Waals surface area contributed by atoms with Crippen LogP contribution in [0.1, 0.15) is 176 Å². The van der Waals surface area contributed by atoms with Crippen LogP contribution in [0.15, 0.2) is 47.1 Å². The number of aliphatic hydroxyl groups is 2. The van der Waals surface area contributed by atoms with E-state index < -0.39 is 41.1 Å². The third-order valence-corrected chi connectivity index (χ3v) is 21.7. The van der Waals surface area contributed by atoms with Gasteiger partial charge < -0.3 is 44.1 Å². The Bertz CT molecular complexity index is 2490. The molecule has 77 heavy (non-hydrogen) atoms. The van der Waals surface area contributed by atoms with E-state index in [0.717, 1.165) is 69.9 Å². The number of carbonyl (C=O) groups excluding carboxylic acids is 4. The molecule has 16 atom stereocenters. The Kier molecular flexibility index (Phi) is 16.8. The van der Waals surface area contributed by atoms with E-state index in [2.05, 4.69) is 81.1 Å². The van der Waals surface area contributed by atoms with Gasteiger partial charge in [0.15, 0.2) is 5.78 Å². The molecule has 1 aromatic carbocycles. The van der Waals surface area contributed by atoms with Crippen LogP contribution in [0.2, 0.25) is 0 Å². The molecule has 6 saturated carbocycles. The van der Waals surface area contributed by atoms with Gasteiger partial charge in [0.05, 0.1) is 32.5 Å². The second-order valence-corrected chi connectivity index (χ2v) is 26.7. The Labute approximate surface area is 459 Å². The zero-order chi connectivity index (χ0) is 55.2. The molecule has 8 aliphatic rings. The number of benzene rings is 1. The second-order valence-electron chi connectivity index (χ2n) is 26.7. The molecule has 0 aromatic heterocycles. The van der Waals surface area contributed by atoms with Crippen LogP contribution < -0.4 is 10.2 Å². The number of carbonyl (C=O) groups is 4. The van der Waals surface area contributed by atoms with E-state index in [4.69, 9.17) is 23.7 Å². The summed E-state index contributed by atoms with van der Waals surface area (Å²) in [4.78, 5) is 53.0. The molecule has 9 rings (SSSR count). The maximum absolute atomic E-state index is 13.7. The summed E-state index contributed by atoms with van der Waals surface area (Å²) in [7, 11) is 3.55. The van der Waals surface area contributed by atoms with E-state index in [1.54, 1.807) is 0 Å². The number of fused-ring (bicyclic) bond motifs is 9. The van der Waals surface area contributed by atoms with E-state index in [-0.39, 0.29) is 76.7 Å². The number of nitrogens with one attached hydrogen (secondary N) is 1. The lowest BCUT2D eigenvalue weighted by molar-refractivity contribution is -0.211. The highest BCUT2D eigenvalue weighted by atomic mass is 16.7. The first-order valence-electron chi connectivity index (χ1n) is 29.6. The molecule has 0 heterocycles. The van der Waals surface area contributed by atoms with Crippen LogP contribution in [0, 0.1) is 75.4 Å². The van der Waals surface area contributed by atoms with E-state index in [1.165, 1.54) is 29.4 Å². The van der Waals surface area contributed by atoms with Crippen molar-refractivity contribution in [3.63, 3.8) is 0 Å². The van der Waals surface area contributed by atoms with E-state index >= 15 is 0 Å². The highest BCUT2D eigenvalue weighted by Gasteiger charge is 2.67. The van der Waals surface area contributed by atoms with Crippen LogP contribution in [0.4, 0.5) is 15.3 Å². The monoisotopic (exact) mass is 1060 g/mol. The molecular formula is C64H92N2O11. The fourth-order valence-corrected chi connectivity index (χ4v) is 17.7. The number of alkyl carbamates (subject to hydrolysis) is 1. The first-order chi connectivity index (χ1) is 36.5. The van der Waals surface area contributed by atoms with Crippen molar-refractivity contribution in [2.45, 2.75) is 200 Å². The number of methoxy groups -OCH3 is 1. The molecule has 0 bridgehead atoms. The van der Waals surface area contributed by atoms with Crippen LogP contribution in [0.25, 0.3) is 0 Å². The van der Waals surface area contributed by atoms with Crippen molar-refractivity contribution < 1.29 is 53.1 Å². The number of anilines is 1. The number of amides is 1. The molecule has 1 aromatic rings. The Morgan fingerprint density at radius 1 is 0.935 bits per heavy atom. The highest BCUT2D eigenvalue weighted by molar-refractivity contribution is 5.93. The van der Waals surface area contributed by atoms with Gasteiger partial charge in [-0.1, -0.05) is 51.3 Å². The number of aliphatic hydroxyl groups excluding tert-OH is 1. The topological polar surface area (TPSA) is 170 Å². The Morgan fingerprint density at radius 3 is 2.43 bits per heavy atom. The lowest BCUT2D eigenvalue weighted by Gasteiger charge is -2.64. The highest BCUT2D eigenvalue weighted by Crippen LogP contribution is 2.70. The Morgan fingerprint density at radius 2 is 1.70 bits per heavy atom. The number of ketones is 1. The van der Waals surface area contributed by atoms with Gasteiger partial charge in [-0.2, -0.15) is 0 Å². The predicted molar refractivity (Wildman–Crippen MR) is 296 cm³/mol. The molecule has 424 valence electrons. The van der Waals surface area contributed by atoms with Gasteiger partial charge in [-0.15, -0.1) is 5.92 Å². The van der Waals surface area contributed by atoms with Crippen LogP contribution >= 0.6 is 0 Å². The second kappa shape index (κ2) is 22.6. The van der Waals surface area contributed by atoms with Gasteiger partial charge in [0.2, 0.25) is 0 Å². The van der Waals surface area contributed by atoms with Crippen molar-refractivity contribution in [3.8, 4) is 11.8 Å². The van der Waals surface area contributed by atoms with E-state index in [0.29, 0.717) is 76.5 Å². The number of rotatable bonds is 15.